The Morgan fingerprint density at radius 3 is 2.43 bits per heavy atom. The van der Waals surface area contributed by atoms with Crippen molar-refractivity contribution in [2.24, 2.45) is 5.16 Å². The number of hydrogen-bond donors (Lipinski definition) is 1. The van der Waals surface area contributed by atoms with Gasteiger partial charge in [0.2, 0.25) is 0 Å². The molecule has 2 rings (SSSR count). The van der Waals surface area contributed by atoms with E-state index in [1.807, 2.05) is 54.6 Å². The van der Waals surface area contributed by atoms with E-state index in [1.54, 1.807) is 11.8 Å². The van der Waals surface area contributed by atoms with Gasteiger partial charge in [-0.05, 0) is 24.1 Å². The zero-order valence-electron chi connectivity index (χ0n) is 12.9. The molecule has 1 atom stereocenters. The summed E-state index contributed by atoms with van der Waals surface area (Å²) in [4.78, 5) is 6.40. The minimum absolute atomic E-state index is 0.410. The lowest BCUT2D eigenvalue weighted by Crippen LogP contribution is -2.06. The summed E-state index contributed by atoms with van der Waals surface area (Å²) < 4.78 is 0. The van der Waals surface area contributed by atoms with Crippen LogP contribution in [0.3, 0.4) is 0 Å². The summed E-state index contributed by atoms with van der Waals surface area (Å²) >= 11 is 1.76. The Balaban J connectivity index is 1.58. The van der Waals surface area contributed by atoms with Crippen LogP contribution in [0.1, 0.15) is 12.0 Å². The van der Waals surface area contributed by atoms with Gasteiger partial charge in [-0.15, -0.1) is 11.8 Å². The van der Waals surface area contributed by atoms with E-state index in [0.717, 1.165) is 11.3 Å². The molecule has 0 bridgehead atoms. The fourth-order valence-corrected chi connectivity index (χ4v) is 2.60. The van der Waals surface area contributed by atoms with Gasteiger partial charge in [0, 0.05) is 10.6 Å². The average Bonchev–Trinajstić information content (AvgIpc) is 2.60. The molecule has 0 saturated carbocycles. The Labute approximate surface area is 141 Å². The van der Waals surface area contributed by atoms with Crippen molar-refractivity contribution in [2.75, 3.05) is 5.75 Å². The van der Waals surface area contributed by atoms with Crippen LogP contribution in [0.2, 0.25) is 0 Å². The van der Waals surface area contributed by atoms with Gasteiger partial charge in [0.1, 0.15) is 6.61 Å². The molecule has 0 amide bonds. The number of rotatable bonds is 9. The SMILES string of the molecule is OC(/C=N/OCc1ccccc1)C/C=C/CSc1ccccc1. The maximum atomic E-state index is 9.78. The van der Waals surface area contributed by atoms with Crippen molar-refractivity contribution >= 4 is 18.0 Å². The molecular formula is C19H21NO2S. The van der Waals surface area contributed by atoms with Crippen LogP contribution in [0.5, 0.6) is 0 Å². The van der Waals surface area contributed by atoms with Crippen LogP contribution in [0, 0.1) is 0 Å². The first kappa shape index (κ1) is 17.3. The molecule has 0 radical (unpaired) electrons. The molecule has 0 saturated heterocycles. The van der Waals surface area contributed by atoms with Gasteiger partial charge >= 0.3 is 0 Å². The molecular weight excluding hydrogens is 306 g/mol. The summed E-state index contributed by atoms with van der Waals surface area (Å²) in [7, 11) is 0. The van der Waals surface area contributed by atoms with Crippen LogP contribution in [0.25, 0.3) is 0 Å². The highest BCUT2D eigenvalue weighted by molar-refractivity contribution is 7.99. The molecule has 1 N–H and O–H groups in total. The predicted octanol–water partition coefficient (Wildman–Crippen LogP) is 4.29. The number of hydrogen-bond acceptors (Lipinski definition) is 4. The fraction of sp³-hybridized carbons (Fsp3) is 0.211. The van der Waals surface area contributed by atoms with Crippen molar-refractivity contribution in [3.63, 3.8) is 0 Å². The zero-order valence-corrected chi connectivity index (χ0v) is 13.7. The highest BCUT2D eigenvalue weighted by Gasteiger charge is 1.97. The predicted molar refractivity (Wildman–Crippen MR) is 96.7 cm³/mol. The molecule has 0 fully saturated rings. The van der Waals surface area contributed by atoms with E-state index in [1.165, 1.54) is 11.1 Å². The normalized spacial score (nSPS) is 12.7. The molecule has 23 heavy (non-hydrogen) atoms. The van der Waals surface area contributed by atoms with E-state index in [-0.39, 0.29) is 0 Å². The second kappa shape index (κ2) is 10.6. The number of nitrogens with zero attached hydrogens (tertiary/aromatic N) is 1. The van der Waals surface area contributed by atoms with Crippen molar-refractivity contribution in [3.8, 4) is 0 Å². The molecule has 120 valence electrons. The largest absolute Gasteiger partial charge is 0.391 e. The Bertz CT molecular complexity index is 599. The van der Waals surface area contributed by atoms with Crippen LogP contribution in [-0.2, 0) is 11.4 Å². The first-order valence-electron chi connectivity index (χ1n) is 7.55. The molecule has 2 aromatic carbocycles. The lowest BCUT2D eigenvalue weighted by atomic mass is 10.2. The van der Waals surface area contributed by atoms with Crippen LogP contribution in [0.15, 0.2) is 82.9 Å². The van der Waals surface area contributed by atoms with E-state index in [9.17, 15) is 5.11 Å². The number of aliphatic hydroxyl groups excluding tert-OH is 1. The monoisotopic (exact) mass is 327 g/mol. The number of aliphatic hydroxyl groups is 1. The molecule has 0 aliphatic heterocycles. The van der Waals surface area contributed by atoms with Gasteiger partial charge in [-0.1, -0.05) is 65.8 Å². The summed E-state index contributed by atoms with van der Waals surface area (Å²) in [5.74, 6) is 0.887. The summed E-state index contributed by atoms with van der Waals surface area (Å²) in [6, 6.07) is 20.1. The van der Waals surface area contributed by atoms with Crippen molar-refractivity contribution in [3.05, 3.63) is 78.4 Å². The second-order valence-electron chi connectivity index (χ2n) is 4.91. The lowest BCUT2D eigenvalue weighted by molar-refractivity contribution is 0.127. The highest BCUT2D eigenvalue weighted by atomic mass is 32.2. The van der Waals surface area contributed by atoms with Crippen molar-refractivity contribution < 1.29 is 9.94 Å². The Kier molecular flexibility index (Phi) is 8.02. The molecule has 0 spiro atoms. The quantitative estimate of drug-likeness (QED) is 0.323. The Morgan fingerprint density at radius 2 is 1.70 bits per heavy atom. The minimum Gasteiger partial charge on any atom is -0.391 e. The van der Waals surface area contributed by atoms with Gasteiger partial charge in [0.25, 0.3) is 0 Å². The van der Waals surface area contributed by atoms with E-state index in [2.05, 4.69) is 23.4 Å². The summed E-state index contributed by atoms with van der Waals surface area (Å²) in [5, 5.41) is 13.6. The van der Waals surface area contributed by atoms with Crippen LogP contribution >= 0.6 is 11.8 Å². The molecule has 0 heterocycles. The van der Waals surface area contributed by atoms with Crippen LogP contribution < -0.4 is 0 Å². The van der Waals surface area contributed by atoms with E-state index in [0.29, 0.717) is 13.0 Å². The molecule has 3 nitrogen and oxygen atoms in total. The topological polar surface area (TPSA) is 41.8 Å². The van der Waals surface area contributed by atoms with Gasteiger partial charge in [-0.25, -0.2) is 0 Å². The molecule has 1 unspecified atom stereocenters. The van der Waals surface area contributed by atoms with Crippen molar-refractivity contribution in [1.82, 2.24) is 0 Å². The van der Waals surface area contributed by atoms with Crippen molar-refractivity contribution in [2.45, 2.75) is 24.0 Å². The lowest BCUT2D eigenvalue weighted by Gasteiger charge is -2.02. The maximum Gasteiger partial charge on any atom is 0.142 e. The highest BCUT2D eigenvalue weighted by Crippen LogP contribution is 2.16. The van der Waals surface area contributed by atoms with E-state index in [4.69, 9.17) is 4.84 Å². The smallest absolute Gasteiger partial charge is 0.142 e. The molecule has 4 heteroatoms. The number of benzene rings is 2. The van der Waals surface area contributed by atoms with E-state index >= 15 is 0 Å². The van der Waals surface area contributed by atoms with Gasteiger partial charge in [0.05, 0.1) is 12.3 Å². The first-order chi connectivity index (χ1) is 11.3. The molecule has 2 aromatic rings. The van der Waals surface area contributed by atoms with Crippen LogP contribution in [0.4, 0.5) is 0 Å². The van der Waals surface area contributed by atoms with Gasteiger partial charge in [-0.2, -0.15) is 0 Å². The zero-order chi connectivity index (χ0) is 16.2. The minimum atomic E-state index is -0.622. The third kappa shape index (κ3) is 7.68. The summed E-state index contributed by atoms with van der Waals surface area (Å²) in [5.41, 5.74) is 1.05. The Hall–Kier alpha value is -2.04. The van der Waals surface area contributed by atoms with Gasteiger partial charge in [-0.3, -0.25) is 0 Å². The second-order valence-corrected chi connectivity index (χ2v) is 6.01. The van der Waals surface area contributed by atoms with Gasteiger partial charge < -0.3 is 9.94 Å². The Morgan fingerprint density at radius 1 is 1.00 bits per heavy atom. The third-order valence-electron chi connectivity index (χ3n) is 3.02. The van der Waals surface area contributed by atoms with Crippen LogP contribution in [-0.4, -0.2) is 23.2 Å². The molecule has 0 aliphatic rings. The fourth-order valence-electron chi connectivity index (χ4n) is 1.82. The number of oxime groups is 1. The van der Waals surface area contributed by atoms with Crippen molar-refractivity contribution in [1.29, 1.82) is 0 Å². The number of thioether (sulfide) groups is 1. The molecule has 0 aromatic heterocycles. The standard InChI is InChI=1S/C19H21NO2S/c21-18(15-20-22-16-17-9-3-1-4-10-17)11-7-8-14-23-19-12-5-2-6-13-19/h1-10,12-13,15,18,21H,11,14,16H2/b8-7+,20-15+. The molecule has 0 aliphatic carbocycles. The van der Waals surface area contributed by atoms with Gasteiger partial charge in [0.15, 0.2) is 0 Å². The first-order valence-corrected chi connectivity index (χ1v) is 8.53. The third-order valence-corrected chi connectivity index (χ3v) is 3.98. The maximum absolute atomic E-state index is 9.78. The van der Waals surface area contributed by atoms with E-state index < -0.39 is 6.10 Å². The average molecular weight is 327 g/mol. The summed E-state index contributed by atoms with van der Waals surface area (Å²) in [6.07, 6.45) is 5.36. The summed E-state index contributed by atoms with van der Waals surface area (Å²) in [6.45, 7) is 0.410.